The van der Waals surface area contributed by atoms with E-state index in [1.54, 1.807) is 17.2 Å². The molecule has 0 aliphatic heterocycles. The van der Waals surface area contributed by atoms with E-state index in [9.17, 15) is 9.36 Å². The van der Waals surface area contributed by atoms with Gasteiger partial charge in [0, 0.05) is 10.0 Å². The Bertz CT molecular complexity index is 394. The second-order valence-corrected chi connectivity index (χ2v) is 4.72. The molecule has 0 aromatic heterocycles. The molecule has 1 aromatic carbocycles. The Kier molecular flexibility index (Phi) is 8.30. The highest BCUT2D eigenvalue weighted by Crippen LogP contribution is 2.28. The standard InChI is InChI=1S/C7H7BrNO4P.2ClH/c8-6-3-1-5(2-4-6)7(10)9-14(11,12)13;;/h1-4H,(H3,9,10,11,12,13);2*1H. The molecule has 1 rings (SSSR count). The van der Waals surface area contributed by atoms with Gasteiger partial charge in [-0.15, -0.1) is 24.8 Å². The van der Waals surface area contributed by atoms with Crippen molar-refractivity contribution in [3.8, 4) is 0 Å². The summed E-state index contributed by atoms with van der Waals surface area (Å²) in [6.45, 7) is 0. The van der Waals surface area contributed by atoms with Crippen molar-refractivity contribution in [2.24, 2.45) is 0 Å². The molecule has 0 atom stereocenters. The quantitative estimate of drug-likeness (QED) is 0.711. The van der Waals surface area contributed by atoms with E-state index in [-0.39, 0.29) is 30.4 Å². The van der Waals surface area contributed by atoms with E-state index in [1.807, 2.05) is 0 Å². The summed E-state index contributed by atoms with van der Waals surface area (Å²) in [7, 11) is -4.51. The van der Waals surface area contributed by atoms with Crippen LogP contribution in [0.4, 0.5) is 0 Å². The van der Waals surface area contributed by atoms with Crippen molar-refractivity contribution in [3.63, 3.8) is 0 Å². The Morgan fingerprint density at radius 2 is 1.62 bits per heavy atom. The SMILES string of the molecule is Cl.Cl.O=C(NP(=O)(O)O)c1ccc(Br)cc1. The third-order valence-corrected chi connectivity index (χ3v) is 2.38. The van der Waals surface area contributed by atoms with E-state index in [2.05, 4.69) is 15.9 Å². The topological polar surface area (TPSA) is 86.6 Å². The lowest BCUT2D eigenvalue weighted by Gasteiger charge is -2.05. The third-order valence-electron chi connectivity index (χ3n) is 1.35. The summed E-state index contributed by atoms with van der Waals surface area (Å²) in [6, 6.07) is 6.12. The van der Waals surface area contributed by atoms with E-state index < -0.39 is 13.7 Å². The molecular weight excluding hydrogens is 344 g/mol. The Morgan fingerprint density at radius 1 is 1.19 bits per heavy atom. The largest absolute Gasteiger partial charge is 0.430 e. The van der Waals surface area contributed by atoms with Gasteiger partial charge < -0.3 is 9.79 Å². The van der Waals surface area contributed by atoms with Crippen LogP contribution in [0.5, 0.6) is 0 Å². The highest BCUT2D eigenvalue weighted by atomic mass is 79.9. The molecule has 5 nitrogen and oxygen atoms in total. The van der Waals surface area contributed by atoms with E-state index in [4.69, 9.17) is 9.79 Å². The van der Waals surface area contributed by atoms with Crippen molar-refractivity contribution >= 4 is 54.4 Å². The van der Waals surface area contributed by atoms with Gasteiger partial charge in [0.15, 0.2) is 0 Å². The molecule has 9 heteroatoms. The minimum atomic E-state index is -4.51. The van der Waals surface area contributed by atoms with Crippen molar-refractivity contribution < 1.29 is 19.1 Å². The summed E-state index contributed by atoms with van der Waals surface area (Å²) >= 11 is 3.17. The summed E-state index contributed by atoms with van der Waals surface area (Å²) in [5.41, 5.74) is 0.191. The predicted molar refractivity (Wildman–Crippen MR) is 68.1 cm³/mol. The number of rotatable bonds is 2. The molecule has 0 unspecified atom stereocenters. The molecular formula is C7H9BrCl2NO4P. The minimum Gasteiger partial charge on any atom is -0.308 e. The van der Waals surface area contributed by atoms with E-state index in [0.717, 1.165) is 4.47 Å². The van der Waals surface area contributed by atoms with Crippen molar-refractivity contribution in [1.82, 2.24) is 5.09 Å². The molecule has 0 saturated heterocycles. The molecule has 0 bridgehead atoms. The summed E-state index contributed by atoms with van der Waals surface area (Å²) < 4.78 is 11.2. The highest BCUT2D eigenvalue weighted by Gasteiger charge is 2.17. The van der Waals surface area contributed by atoms with Crippen molar-refractivity contribution in [3.05, 3.63) is 34.3 Å². The zero-order chi connectivity index (χ0) is 10.8. The van der Waals surface area contributed by atoms with Crippen molar-refractivity contribution in [1.29, 1.82) is 0 Å². The van der Waals surface area contributed by atoms with Crippen LogP contribution in [0.1, 0.15) is 10.4 Å². The molecule has 0 saturated carbocycles. The van der Waals surface area contributed by atoms with Crippen LogP contribution in [-0.2, 0) is 4.57 Å². The van der Waals surface area contributed by atoms with Crippen LogP contribution in [0.3, 0.4) is 0 Å². The molecule has 92 valence electrons. The van der Waals surface area contributed by atoms with Gasteiger partial charge in [-0.1, -0.05) is 15.9 Å². The number of halogens is 3. The van der Waals surface area contributed by atoms with Crippen LogP contribution in [-0.4, -0.2) is 15.7 Å². The Balaban J connectivity index is 0. The first kappa shape index (κ1) is 18.3. The van der Waals surface area contributed by atoms with E-state index in [0.29, 0.717) is 0 Å². The van der Waals surface area contributed by atoms with Crippen LogP contribution < -0.4 is 5.09 Å². The van der Waals surface area contributed by atoms with Crippen molar-refractivity contribution in [2.45, 2.75) is 0 Å². The zero-order valence-electron chi connectivity index (χ0n) is 7.66. The van der Waals surface area contributed by atoms with E-state index in [1.165, 1.54) is 12.1 Å². The molecule has 0 spiro atoms. The lowest BCUT2D eigenvalue weighted by Crippen LogP contribution is -2.19. The fourth-order valence-electron chi connectivity index (χ4n) is 0.798. The number of benzene rings is 1. The lowest BCUT2D eigenvalue weighted by molar-refractivity contribution is 0.0972. The maximum atomic E-state index is 11.2. The number of hydrogen-bond acceptors (Lipinski definition) is 2. The summed E-state index contributed by atoms with van der Waals surface area (Å²) in [6.07, 6.45) is 0. The molecule has 0 radical (unpaired) electrons. The van der Waals surface area contributed by atoms with Crippen LogP contribution in [0.2, 0.25) is 0 Å². The lowest BCUT2D eigenvalue weighted by atomic mass is 10.2. The zero-order valence-corrected chi connectivity index (χ0v) is 11.8. The number of nitrogens with one attached hydrogen (secondary N) is 1. The number of hydrogen-bond donors (Lipinski definition) is 3. The summed E-state index contributed by atoms with van der Waals surface area (Å²) in [5, 5.41) is 1.57. The number of carbonyl (C=O) groups excluding carboxylic acids is 1. The molecule has 0 heterocycles. The first-order valence-corrected chi connectivity index (χ1v) is 5.93. The van der Waals surface area contributed by atoms with Gasteiger partial charge in [-0.25, -0.2) is 4.57 Å². The molecule has 3 N–H and O–H groups in total. The molecule has 1 amide bonds. The highest BCUT2D eigenvalue weighted by molar-refractivity contribution is 9.10. The van der Waals surface area contributed by atoms with Gasteiger partial charge in [-0.2, -0.15) is 0 Å². The monoisotopic (exact) mass is 351 g/mol. The maximum Gasteiger partial charge on any atom is 0.430 e. The van der Waals surface area contributed by atoms with E-state index >= 15 is 0 Å². The second kappa shape index (κ2) is 7.27. The average molecular weight is 353 g/mol. The number of carbonyl (C=O) groups is 1. The number of amides is 1. The smallest absolute Gasteiger partial charge is 0.308 e. The average Bonchev–Trinajstić information content (AvgIpc) is 2.02. The van der Waals surface area contributed by atoms with Crippen LogP contribution in [0.15, 0.2) is 28.7 Å². The molecule has 0 aliphatic carbocycles. The van der Waals surface area contributed by atoms with Gasteiger partial charge in [0.25, 0.3) is 5.91 Å². The third kappa shape index (κ3) is 6.48. The normalized spacial score (nSPS) is 9.69. The Labute approximate surface area is 113 Å². The van der Waals surface area contributed by atoms with Gasteiger partial charge in [0.05, 0.1) is 0 Å². The van der Waals surface area contributed by atoms with Crippen molar-refractivity contribution in [2.75, 3.05) is 0 Å². The van der Waals surface area contributed by atoms with Gasteiger partial charge in [-0.05, 0) is 24.3 Å². The molecule has 16 heavy (non-hydrogen) atoms. The first-order chi connectivity index (χ1) is 6.38. The van der Waals surface area contributed by atoms with Crippen LogP contribution in [0, 0.1) is 0 Å². The first-order valence-electron chi connectivity index (χ1n) is 3.52. The van der Waals surface area contributed by atoms with Gasteiger partial charge in [-0.3, -0.25) is 9.88 Å². The Hall–Kier alpha value is -0.100. The summed E-state index contributed by atoms with van der Waals surface area (Å²) in [5.74, 6) is -0.800. The minimum absolute atomic E-state index is 0. The maximum absolute atomic E-state index is 11.2. The van der Waals surface area contributed by atoms with Gasteiger partial charge in [0.1, 0.15) is 0 Å². The van der Waals surface area contributed by atoms with Crippen LogP contribution in [0.25, 0.3) is 0 Å². The predicted octanol–water partition coefficient (Wildman–Crippen LogP) is 2.12. The fourth-order valence-corrected chi connectivity index (χ4v) is 1.46. The second-order valence-electron chi connectivity index (χ2n) is 2.49. The van der Waals surface area contributed by atoms with Gasteiger partial charge >= 0.3 is 7.75 Å². The van der Waals surface area contributed by atoms with Gasteiger partial charge in [0.2, 0.25) is 0 Å². The fraction of sp³-hybridized carbons (Fsp3) is 0. The summed E-state index contributed by atoms with van der Waals surface area (Å²) in [4.78, 5) is 28.1. The Morgan fingerprint density at radius 3 is 2.00 bits per heavy atom. The van der Waals surface area contributed by atoms with Crippen LogP contribution >= 0.6 is 48.5 Å². The molecule has 1 aromatic rings. The molecule has 0 aliphatic rings. The molecule has 0 fully saturated rings.